The third-order valence-electron chi connectivity index (χ3n) is 3.34. The molecule has 1 saturated carbocycles. The summed E-state index contributed by atoms with van der Waals surface area (Å²) in [5, 5.41) is 9.10. The molecular formula is C9H16O3S. The van der Waals surface area contributed by atoms with Gasteiger partial charge in [-0.2, -0.15) is 0 Å². The molecule has 3 nitrogen and oxygen atoms in total. The molecule has 13 heavy (non-hydrogen) atoms. The van der Waals surface area contributed by atoms with Crippen molar-refractivity contribution in [2.24, 2.45) is 11.3 Å². The molecule has 4 heteroatoms. The van der Waals surface area contributed by atoms with E-state index in [-0.39, 0.29) is 12.0 Å². The molecule has 1 heterocycles. The van der Waals surface area contributed by atoms with Gasteiger partial charge in [0.05, 0.1) is 11.5 Å². The number of sulfone groups is 1. The molecule has 1 unspecified atom stereocenters. The molecule has 2 fully saturated rings. The van der Waals surface area contributed by atoms with E-state index in [2.05, 4.69) is 0 Å². The average molecular weight is 204 g/mol. The fourth-order valence-corrected chi connectivity index (χ4v) is 4.11. The number of hydrogen-bond acceptors (Lipinski definition) is 3. The van der Waals surface area contributed by atoms with Crippen LogP contribution < -0.4 is 0 Å². The van der Waals surface area contributed by atoms with Crippen LogP contribution in [-0.2, 0) is 9.84 Å². The first-order valence-corrected chi connectivity index (χ1v) is 6.69. The second-order valence-corrected chi connectivity index (χ2v) is 6.86. The lowest BCUT2D eigenvalue weighted by atomic mass is 9.92. The van der Waals surface area contributed by atoms with Gasteiger partial charge < -0.3 is 5.11 Å². The zero-order chi connectivity index (χ0) is 9.53. The smallest absolute Gasteiger partial charge is 0.150 e. The summed E-state index contributed by atoms with van der Waals surface area (Å²) in [6, 6.07) is 0. The Morgan fingerprint density at radius 1 is 1.38 bits per heavy atom. The molecule has 1 aliphatic heterocycles. The molecule has 76 valence electrons. The fourth-order valence-electron chi connectivity index (χ4n) is 2.25. The third-order valence-corrected chi connectivity index (χ3v) is 5.18. The minimum absolute atomic E-state index is 0.116. The SMILES string of the molecule is O=S1(=O)CCC(CC2(CO)CC2)C1. The number of aliphatic hydroxyl groups is 1. The molecule has 1 N–H and O–H groups in total. The van der Waals surface area contributed by atoms with Crippen LogP contribution in [0.3, 0.4) is 0 Å². The maximum Gasteiger partial charge on any atom is 0.150 e. The normalized spacial score (nSPS) is 34.7. The molecule has 1 atom stereocenters. The Morgan fingerprint density at radius 3 is 2.46 bits per heavy atom. The number of rotatable bonds is 3. The molecular weight excluding hydrogens is 188 g/mol. The summed E-state index contributed by atoms with van der Waals surface area (Å²) in [7, 11) is -2.73. The average Bonchev–Trinajstić information content (AvgIpc) is 2.74. The Bertz CT molecular complexity index is 290. The van der Waals surface area contributed by atoms with Crippen molar-refractivity contribution in [2.45, 2.75) is 25.7 Å². The van der Waals surface area contributed by atoms with Gasteiger partial charge in [0.2, 0.25) is 0 Å². The Labute approximate surface area is 79.1 Å². The van der Waals surface area contributed by atoms with E-state index in [1.165, 1.54) is 0 Å². The van der Waals surface area contributed by atoms with E-state index in [1.807, 2.05) is 0 Å². The van der Waals surface area contributed by atoms with Crippen molar-refractivity contribution >= 4 is 9.84 Å². The summed E-state index contributed by atoms with van der Waals surface area (Å²) in [4.78, 5) is 0. The van der Waals surface area contributed by atoms with Crippen LogP contribution in [0.15, 0.2) is 0 Å². The van der Waals surface area contributed by atoms with E-state index >= 15 is 0 Å². The standard InChI is InChI=1S/C9H16O3S/c10-7-9(2-3-9)5-8-1-4-13(11,12)6-8/h8,10H,1-7H2. The van der Waals surface area contributed by atoms with Crippen LogP contribution in [0.25, 0.3) is 0 Å². The lowest BCUT2D eigenvalue weighted by Crippen LogP contribution is -2.14. The summed E-state index contributed by atoms with van der Waals surface area (Å²) in [6.45, 7) is 0.240. The molecule has 0 aromatic carbocycles. The zero-order valence-electron chi connectivity index (χ0n) is 7.70. The van der Waals surface area contributed by atoms with E-state index in [0.717, 1.165) is 25.7 Å². The number of aliphatic hydroxyl groups excluding tert-OH is 1. The quantitative estimate of drug-likeness (QED) is 0.731. The Balaban J connectivity index is 1.91. The maximum atomic E-state index is 11.2. The minimum Gasteiger partial charge on any atom is -0.396 e. The van der Waals surface area contributed by atoms with Crippen molar-refractivity contribution in [1.82, 2.24) is 0 Å². The lowest BCUT2D eigenvalue weighted by molar-refractivity contribution is 0.187. The first-order chi connectivity index (χ1) is 6.05. The van der Waals surface area contributed by atoms with Crippen LogP contribution in [-0.4, -0.2) is 31.6 Å². The first kappa shape index (κ1) is 9.46. The van der Waals surface area contributed by atoms with Crippen LogP contribution in [0.2, 0.25) is 0 Å². The topological polar surface area (TPSA) is 54.4 Å². The van der Waals surface area contributed by atoms with Gasteiger partial charge in [-0.1, -0.05) is 0 Å². The van der Waals surface area contributed by atoms with Gasteiger partial charge in [-0.3, -0.25) is 0 Å². The van der Waals surface area contributed by atoms with Gasteiger partial charge in [0, 0.05) is 6.61 Å². The minimum atomic E-state index is -2.73. The summed E-state index contributed by atoms with van der Waals surface area (Å²) >= 11 is 0. The summed E-state index contributed by atoms with van der Waals surface area (Å²) in [6.07, 6.45) is 3.90. The monoisotopic (exact) mass is 204 g/mol. The molecule has 1 saturated heterocycles. The van der Waals surface area contributed by atoms with Gasteiger partial charge in [0.25, 0.3) is 0 Å². The first-order valence-electron chi connectivity index (χ1n) is 4.87. The third kappa shape index (κ3) is 2.05. The second kappa shape index (κ2) is 2.95. The van der Waals surface area contributed by atoms with E-state index in [1.54, 1.807) is 0 Å². The van der Waals surface area contributed by atoms with Gasteiger partial charge in [-0.25, -0.2) is 8.42 Å². The van der Waals surface area contributed by atoms with Gasteiger partial charge in [-0.05, 0) is 37.0 Å². The van der Waals surface area contributed by atoms with Crippen molar-refractivity contribution < 1.29 is 13.5 Å². The Kier molecular flexibility index (Phi) is 2.15. The highest BCUT2D eigenvalue weighted by molar-refractivity contribution is 7.91. The van der Waals surface area contributed by atoms with Crippen molar-refractivity contribution in [1.29, 1.82) is 0 Å². The molecule has 0 spiro atoms. The summed E-state index contributed by atoms with van der Waals surface area (Å²) in [5.74, 6) is 1.04. The van der Waals surface area contributed by atoms with Gasteiger partial charge >= 0.3 is 0 Å². The van der Waals surface area contributed by atoms with Gasteiger partial charge in [0.15, 0.2) is 9.84 Å². The molecule has 2 rings (SSSR count). The molecule has 0 bridgehead atoms. The van der Waals surface area contributed by atoms with E-state index in [0.29, 0.717) is 17.4 Å². The van der Waals surface area contributed by atoms with E-state index < -0.39 is 9.84 Å². The molecule has 0 radical (unpaired) electrons. The molecule has 1 aliphatic carbocycles. The summed E-state index contributed by atoms with van der Waals surface area (Å²) < 4.78 is 22.3. The number of hydrogen-bond donors (Lipinski definition) is 1. The molecule has 0 aromatic rings. The molecule has 2 aliphatic rings. The largest absolute Gasteiger partial charge is 0.396 e. The lowest BCUT2D eigenvalue weighted by Gasteiger charge is -2.15. The van der Waals surface area contributed by atoms with Gasteiger partial charge in [0.1, 0.15) is 0 Å². The van der Waals surface area contributed by atoms with E-state index in [9.17, 15) is 8.42 Å². The highest BCUT2D eigenvalue weighted by Crippen LogP contribution is 2.51. The molecule has 0 aromatic heterocycles. The van der Waals surface area contributed by atoms with Crippen LogP contribution in [0.1, 0.15) is 25.7 Å². The molecule has 0 amide bonds. The highest BCUT2D eigenvalue weighted by Gasteiger charge is 2.45. The van der Waals surface area contributed by atoms with Crippen LogP contribution >= 0.6 is 0 Å². The second-order valence-electron chi connectivity index (χ2n) is 4.63. The van der Waals surface area contributed by atoms with Crippen molar-refractivity contribution in [3.8, 4) is 0 Å². The Morgan fingerprint density at radius 2 is 2.08 bits per heavy atom. The predicted octanol–water partition coefficient (Wildman–Crippen LogP) is 0.584. The Hall–Kier alpha value is -0.0900. The maximum absolute atomic E-state index is 11.2. The fraction of sp³-hybridized carbons (Fsp3) is 1.00. The zero-order valence-corrected chi connectivity index (χ0v) is 8.52. The highest BCUT2D eigenvalue weighted by atomic mass is 32.2. The van der Waals surface area contributed by atoms with E-state index in [4.69, 9.17) is 5.11 Å². The predicted molar refractivity (Wildman–Crippen MR) is 50.1 cm³/mol. The van der Waals surface area contributed by atoms with Crippen molar-refractivity contribution in [2.75, 3.05) is 18.1 Å². The van der Waals surface area contributed by atoms with Crippen molar-refractivity contribution in [3.05, 3.63) is 0 Å². The van der Waals surface area contributed by atoms with Crippen LogP contribution in [0, 0.1) is 11.3 Å². The summed E-state index contributed by atoms with van der Waals surface area (Å²) in [5.41, 5.74) is 0.116. The van der Waals surface area contributed by atoms with Crippen LogP contribution in [0.5, 0.6) is 0 Å². The van der Waals surface area contributed by atoms with Crippen LogP contribution in [0.4, 0.5) is 0 Å². The van der Waals surface area contributed by atoms with Gasteiger partial charge in [-0.15, -0.1) is 0 Å². The van der Waals surface area contributed by atoms with Crippen molar-refractivity contribution in [3.63, 3.8) is 0 Å².